The average Bonchev–Trinajstić information content (AvgIpc) is 3.42. The number of rotatable bonds is 6. The monoisotopic (exact) mass is 419 g/mol. The lowest BCUT2D eigenvalue weighted by molar-refractivity contribution is -0.123. The molecule has 1 atom stereocenters. The van der Waals surface area contributed by atoms with E-state index in [4.69, 9.17) is 23.2 Å². The Morgan fingerprint density at radius 2 is 1.85 bits per heavy atom. The number of carbonyl (C=O) groups is 1. The van der Waals surface area contributed by atoms with E-state index in [1.54, 1.807) is 0 Å². The van der Waals surface area contributed by atoms with Gasteiger partial charge in [-0.05, 0) is 43.9 Å². The van der Waals surface area contributed by atoms with E-state index in [9.17, 15) is 13.2 Å². The van der Waals surface area contributed by atoms with Gasteiger partial charge in [0, 0.05) is 32.2 Å². The SMILES string of the molecule is C[C@H](NC(=O)CN1CCN(S(=O)(=O)c2ccc(Cl)c(Cl)c2)CC1)C1CC1. The lowest BCUT2D eigenvalue weighted by Gasteiger charge is -2.33. The fourth-order valence-electron chi connectivity index (χ4n) is 3.13. The molecule has 3 rings (SSSR count). The number of nitrogens with zero attached hydrogens (tertiary/aromatic N) is 2. The molecular formula is C17H23Cl2N3O3S. The predicted octanol–water partition coefficient (Wildman–Crippen LogP) is 2.21. The van der Waals surface area contributed by atoms with Gasteiger partial charge >= 0.3 is 0 Å². The third-order valence-corrected chi connectivity index (χ3v) is 7.58. The highest BCUT2D eigenvalue weighted by molar-refractivity contribution is 7.89. The molecule has 9 heteroatoms. The zero-order valence-electron chi connectivity index (χ0n) is 14.6. The van der Waals surface area contributed by atoms with Crippen molar-refractivity contribution in [3.05, 3.63) is 28.2 Å². The number of nitrogens with one attached hydrogen (secondary N) is 1. The summed E-state index contributed by atoms with van der Waals surface area (Å²) in [6.07, 6.45) is 2.37. The van der Waals surface area contributed by atoms with Crippen molar-refractivity contribution < 1.29 is 13.2 Å². The summed E-state index contributed by atoms with van der Waals surface area (Å²) < 4.78 is 26.9. The quantitative estimate of drug-likeness (QED) is 0.766. The second kappa shape index (κ2) is 8.02. The van der Waals surface area contributed by atoms with Gasteiger partial charge in [-0.2, -0.15) is 4.31 Å². The molecule has 144 valence electrons. The van der Waals surface area contributed by atoms with Crippen molar-refractivity contribution in [1.29, 1.82) is 0 Å². The zero-order chi connectivity index (χ0) is 18.9. The van der Waals surface area contributed by atoms with Crippen LogP contribution in [0.3, 0.4) is 0 Å². The normalized spacial score (nSPS) is 20.7. The second-order valence-corrected chi connectivity index (χ2v) is 9.70. The molecule has 1 saturated carbocycles. The van der Waals surface area contributed by atoms with E-state index < -0.39 is 10.0 Å². The van der Waals surface area contributed by atoms with Crippen LogP contribution in [0.4, 0.5) is 0 Å². The number of amides is 1. The summed E-state index contributed by atoms with van der Waals surface area (Å²) >= 11 is 11.8. The fraction of sp³-hybridized carbons (Fsp3) is 0.588. The fourth-order valence-corrected chi connectivity index (χ4v) is 4.94. The van der Waals surface area contributed by atoms with Crippen LogP contribution in [0.5, 0.6) is 0 Å². The molecule has 0 spiro atoms. The Hall–Kier alpha value is -0.860. The van der Waals surface area contributed by atoms with Crippen LogP contribution in [-0.4, -0.2) is 62.3 Å². The number of hydrogen-bond donors (Lipinski definition) is 1. The Kier molecular flexibility index (Phi) is 6.14. The van der Waals surface area contributed by atoms with Crippen LogP contribution in [0.15, 0.2) is 23.1 Å². The third kappa shape index (κ3) is 4.70. The molecule has 1 aliphatic carbocycles. The molecule has 26 heavy (non-hydrogen) atoms. The Balaban J connectivity index is 1.53. The van der Waals surface area contributed by atoms with E-state index in [0.29, 0.717) is 43.7 Å². The number of hydrogen-bond acceptors (Lipinski definition) is 4. The molecule has 0 unspecified atom stereocenters. The lowest BCUT2D eigenvalue weighted by Crippen LogP contribution is -2.51. The van der Waals surface area contributed by atoms with Crippen LogP contribution in [0.1, 0.15) is 19.8 Å². The van der Waals surface area contributed by atoms with Crippen molar-refractivity contribution in [2.75, 3.05) is 32.7 Å². The van der Waals surface area contributed by atoms with Crippen molar-refractivity contribution in [3.63, 3.8) is 0 Å². The Morgan fingerprint density at radius 1 is 1.19 bits per heavy atom. The van der Waals surface area contributed by atoms with E-state index in [0.717, 1.165) is 0 Å². The van der Waals surface area contributed by atoms with Gasteiger partial charge in [0.2, 0.25) is 15.9 Å². The maximum atomic E-state index is 12.7. The van der Waals surface area contributed by atoms with Gasteiger partial charge in [-0.1, -0.05) is 23.2 Å². The van der Waals surface area contributed by atoms with Crippen LogP contribution in [-0.2, 0) is 14.8 Å². The molecule has 1 aliphatic heterocycles. The van der Waals surface area contributed by atoms with Gasteiger partial charge in [-0.25, -0.2) is 8.42 Å². The van der Waals surface area contributed by atoms with Crippen molar-refractivity contribution in [2.24, 2.45) is 5.92 Å². The Labute approximate surface area is 164 Å². The highest BCUT2D eigenvalue weighted by Gasteiger charge is 2.31. The van der Waals surface area contributed by atoms with Gasteiger partial charge in [-0.15, -0.1) is 0 Å². The minimum absolute atomic E-state index is 0.00481. The van der Waals surface area contributed by atoms with Crippen LogP contribution >= 0.6 is 23.2 Å². The molecule has 2 fully saturated rings. The van der Waals surface area contributed by atoms with Gasteiger partial charge in [0.15, 0.2) is 0 Å². The standard InChI is InChI=1S/C17H23Cl2N3O3S/c1-12(13-2-3-13)20-17(23)11-21-6-8-22(9-7-21)26(24,25)14-4-5-15(18)16(19)10-14/h4-5,10,12-13H,2-3,6-9,11H2,1H3,(H,20,23)/t12-/m0/s1. The van der Waals surface area contributed by atoms with Crippen molar-refractivity contribution in [1.82, 2.24) is 14.5 Å². The molecular weight excluding hydrogens is 397 g/mol. The first-order chi connectivity index (χ1) is 12.3. The van der Waals surface area contributed by atoms with E-state index in [-0.39, 0.29) is 21.9 Å². The Morgan fingerprint density at radius 3 is 2.42 bits per heavy atom. The van der Waals surface area contributed by atoms with E-state index in [1.807, 2.05) is 11.8 Å². The molecule has 0 aromatic heterocycles. The highest BCUT2D eigenvalue weighted by atomic mass is 35.5. The minimum atomic E-state index is -3.61. The molecule has 6 nitrogen and oxygen atoms in total. The van der Waals surface area contributed by atoms with Crippen molar-refractivity contribution >= 4 is 39.1 Å². The summed E-state index contributed by atoms with van der Waals surface area (Å²) in [5.74, 6) is 0.623. The maximum absolute atomic E-state index is 12.7. The molecule has 1 heterocycles. The third-order valence-electron chi connectivity index (χ3n) is 4.95. The van der Waals surface area contributed by atoms with Gasteiger partial charge in [-0.3, -0.25) is 9.69 Å². The minimum Gasteiger partial charge on any atom is -0.352 e. The molecule has 0 bridgehead atoms. The molecule has 1 aromatic carbocycles. The summed E-state index contributed by atoms with van der Waals surface area (Å²) in [5, 5.41) is 3.57. The summed E-state index contributed by atoms with van der Waals surface area (Å²) in [6, 6.07) is 4.54. The highest BCUT2D eigenvalue weighted by Crippen LogP contribution is 2.32. The van der Waals surface area contributed by atoms with Gasteiger partial charge in [0.05, 0.1) is 21.5 Å². The lowest BCUT2D eigenvalue weighted by atomic mass is 10.2. The maximum Gasteiger partial charge on any atom is 0.243 e. The number of benzene rings is 1. The molecule has 1 saturated heterocycles. The van der Waals surface area contributed by atoms with Gasteiger partial charge < -0.3 is 5.32 Å². The van der Waals surface area contributed by atoms with Gasteiger partial charge in [0.25, 0.3) is 0 Å². The van der Waals surface area contributed by atoms with Crippen LogP contribution in [0, 0.1) is 5.92 Å². The molecule has 2 aliphatic rings. The zero-order valence-corrected chi connectivity index (χ0v) is 16.9. The van der Waals surface area contributed by atoms with E-state index in [2.05, 4.69) is 5.32 Å². The molecule has 1 N–H and O–H groups in total. The first kappa shape index (κ1) is 19.9. The van der Waals surface area contributed by atoms with E-state index >= 15 is 0 Å². The van der Waals surface area contributed by atoms with Gasteiger partial charge in [0.1, 0.15) is 0 Å². The number of piperazine rings is 1. The van der Waals surface area contributed by atoms with Crippen LogP contribution in [0.25, 0.3) is 0 Å². The summed E-state index contributed by atoms with van der Waals surface area (Å²) in [7, 11) is -3.61. The van der Waals surface area contributed by atoms with Crippen molar-refractivity contribution in [2.45, 2.75) is 30.7 Å². The predicted molar refractivity (Wildman–Crippen MR) is 102 cm³/mol. The number of carbonyl (C=O) groups excluding carboxylic acids is 1. The average molecular weight is 420 g/mol. The van der Waals surface area contributed by atoms with E-state index in [1.165, 1.54) is 35.3 Å². The molecule has 0 radical (unpaired) electrons. The summed E-state index contributed by atoms with van der Waals surface area (Å²) in [5.41, 5.74) is 0. The van der Waals surface area contributed by atoms with Crippen LogP contribution in [0.2, 0.25) is 10.0 Å². The van der Waals surface area contributed by atoms with Crippen molar-refractivity contribution in [3.8, 4) is 0 Å². The Bertz CT molecular complexity index is 775. The topological polar surface area (TPSA) is 69.7 Å². The number of halogens is 2. The molecule has 1 amide bonds. The summed E-state index contributed by atoms with van der Waals surface area (Å²) in [4.78, 5) is 14.2. The summed E-state index contributed by atoms with van der Waals surface area (Å²) in [6.45, 7) is 4.06. The first-order valence-electron chi connectivity index (χ1n) is 8.74. The largest absolute Gasteiger partial charge is 0.352 e. The number of sulfonamides is 1. The molecule has 1 aromatic rings. The second-order valence-electron chi connectivity index (χ2n) is 6.95. The van der Waals surface area contributed by atoms with Crippen LogP contribution < -0.4 is 5.32 Å². The smallest absolute Gasteiger partial charge is 0.243 e. The first-order valence-corrected chi connectivity index (χ1v) is 10.9.